The number of benzene rings is 1. The van der Waals surface area contributed by atoms with Crippen molar-refractivity contribution in [2.24, 2.45) is 4.99 Å². The molecule has 1 saturated heterocycles. The van der Waals surface area contributed by atoms with Crippen LogP contribution in [0.3, 0.4) is 0 Å². The second-order valence-corrected chi connectivity index (χ2v) is 8.07. The maximum absolute atomic E-state index is 12.8. The van der Waals surface area contributed by atoms with Gasteiger partial charge in [-0.2, -0.15) is 0 Å². The summed E-state index contributed by atoms with van der Waals surface area (Å²) in [5, 5.41) is 6.91. The maximum Gasteiger partial charge on any atom is 0.254 e. The third-order valence-electron chi connectivity index (χ3n) is 5.54. The van der Waals surface area contributed by atoms with E-state index in [0.29, 0.717) is 25.7 Å². The van der Waals surface area contributed by atoms with E-state index >= 15 is 0 Å². The average Bonchev–Trinajstić information content (AvgIpc) is 2.71. The van der Waals surface area contributed by atoms with E-state index in [1.165, 1.54) is 32.1 Å². The summed E-state index contributed by atoms with van der Waals surface area (Å²) in [6, 6.07) is 8.39. The van der Waals surface area contributed by atoms with Gasteiger partial charge in [-0.1, -0.05) is 31.4 Å². The summed E-state index contributed by atoms with van der Waals surface area (Å²) in [5.74, 6) is 0.930. The topological polar surface area (TPSA) is 66.0 Å². The first-order valence-electron chi connectivity index (χ1n) is 10.6. The van der Waals surface area contributed by atoms with E-state index < -0.39 is 0 Å². The number of nitrogens with zero attached hydrogens (tertiary/aromatic N) is 2. The first kappa shape index (κ1) is 20.6. The van der Waals surface area contributed by atoms with Gasteiger partial charge in [0.2, 0.25) is 0 Å². The zero-order valence-electron chi connectivity index (χ0n) is 17.4. The van der Waals surface area contributed by atoms with Gasteiger partial charge < -0.3 is 20.3 Å². The first-order valence-corrected chi connectivity index (χ1v) is 10.6. The van der Waals surface area contributed by atoms with Crippen LogP contribution in [-0.4, -0.2) is 55.2 Å². The maximum atomic E-state index is 12.8. The number of nitrogens with one attached hydrogen (secondary N) is 2. The second-order valence-electron chi connectivity index (χ2n) is 8.07. The Morgan fingerprint density at radius 2 is 1.75 bits per heavy atom. The first-order chi connectivity index (χ1) is 13.5. The number of hydrogen-bond donors (Lipinski definition) is 2. The van der Waals surface area contributed by atoms with Gasteiger partial charge in [0.05, 0.1) is 12.2 Å². The van der Waals surface area contributed by atoms with Crippen molar-refractivity contribution in [3.63, 3.8) is 0 Å². The zero-order valence-corrected chi connectivity index (χ0v) is 17.4. The van der Waals surface area contributed by atoms with Crippen LogP contribution in [0.5, 0.6) is 0 Å². The Morgan fingerprint density at radius 3 is 2.36 bits per heavy atom. The molecule has 1 aliphatic heterocycles. The van der Waals surface area contributed by atoms with Crippen LogP contribution in [0.1, 0.15) is 61.9 Å². The number of hydrogen-bond acceptors (Lipinski definition) is 3. The van der Waals surface area contributed by atoms with E-state index in [9.17, 15) is 4.79 Å². The second kappa shape index (κ2) is 9.92. The van der Waals surface area contributed by atoms with Gasteiger partial charge in [0.15, 0.2) is 5.96 Å². The molecule has 2 fully saturated rings. The summed E-state index contributed by atoms with van der Waals surface area (Å²) >= 11 is 0. The summed E-state index contributed by atoms with van der Waals surface area (Å²) in [6.45, 7) is 6.01. The van der Waals surface area contributed by atoms with Crippen molar-refractivity contribution in [1.82, 2.24) is 15.5 Å². The lowest BCUT2D eigenvalue weighted by atomic mass is 9.96. The van der Waals surface area contributed by atoms with Crippen LogP contribution in [0, 0.1) is 0 Å². The number of amides is 1. The molecule has 0 aromatic heterocycles. The molecular weight excluding hydrogens is 352 g/mol. The molecule has 2 atom stereocenters. The third-order valence-corrected chi connectivity index (χ3v) is 5.54. The van der Waals surface area contributed by atoms with Crippen LogP contribution in [0.25, 0.3) is 0 Å². The fourth-order valence-electron chi connectivity index (χ4n) is 4.11. The number of ether oxygens (including phenoxy) is 1. The molecule has 28 heavy (non-hydrogen) atoms. The summed E-state index contributed by atoms with van der Waals surface area (Å²) in [4.78, 5) is 19.0. The Balaban J connectivity index is 1.51. The van der Waals surface area contributed by atoms with Crippen molar-refractivity contribution in [2.75, 3.05) is 20.1 Å². The lowest BCUT2D eigenvalue weighted by Gasteiger charge is -2.35. The Kier molecular flexibility index (Phi) is 7.31. The van der Waals surface area contributed by atoms with Crippen LogP contribution in [-0.2, 0) is 11.3 Å². The summed E-state index contributed by atoms with van der Waals surface area (Å²) < 4.78 is 5.72. The predicted octanol–water partition coefficient (Wildman–Crippen LogP) is 2.93. The van der Waals surface area contributed by atoms with Crippen molar-refractivity contribution in [2.45, 2.75) is 70.7 Å². The average molecular weight is 387 g/mol. The Bertz CT molecular complexity index is 658. The van der Waals surface area contributed by atoms with Crippen LogP contribution < -0.4 is 10.6 Å². The molecule has 0 radical (unpaired) electrons. The molecule has 1 aromatic carbocycles. The minimum Gasteiger partial charge on any atom is -0.372 e. The van der Waals surface area contributed by atoms with E-state index in [1.54, 1.807) is 0 Å². The molecule has 1 amide bonds. The van der Waals surface area contributed by atoms with Gasteiger partial charge in [-0.3, -0.25) is 9.79 Å². The lowest BCUT2D eigenvalue weighted by molar-refractivity contribution is -0.0586. The SMILES string of the molecule is CN=C(NCc1ccc(C(=O)N2CC(C)OC(C)C2)cc1)NC1CCCCC1. The highest BCUT2D eigenvalue weighted by Crippen LogP contribution is 2.17. The van der Waals surface area contributed by atoms with Gasteiger partial charge in [-0.15, -0.1) is 0 Å². The number of morpholine rings is 1. The molecule has 6 nitrogen and oxygen atoms in total. The molecule has 2 aliphatic rings. The normalized spacial score (nSPS) is 24.1. The predicted molar refractivity (Wildman–Crippen MR) is 113 cm³/mol. The van der Waals surface area contributed by atoms with E-state index in [-0.39, 0.29) is 18.1 Å². The Morgan fingerprint density at radius 1 is 1.11 bits per heavy atom. The fourth-order valence-corrected chi connectivity index (χ4v) is 4.11. The van der Waals surface area contributed by atoms with Crippen LogP contribution in [0.4, 0.5) is 0 Å². The minimum absolute atomic E-state index is 0.0799. The summed E-state index contributed by atoms with van der Waals surface area (Å²) in [6.07, 6.45) is 6.54. The van der Waals surface area contributed by atoms with Crippen molar-refractivity contribution < 1.29 is 9.53 Å². The molecule has 0 spiro atoms. The number of aliphatic imine (C=N–C) groups is 1. The van der Waals surface area contributed by atoms with Crippen molar-refractivity contribution in [3.05, 3.63) is 35.4 Å². The molecule has 3 rings (SSSR count). The van der Waals surface area contributed by atoms with E-state index in [2.05, 4.69) is 15.6 Å². The lowest BCUT2D eigenvalue weighted by Crippen LogP contribution is -2.48. The number of carbonyl (C=O) groups excluding carboxylic acids is 1. The Hall–Kier alpha value is -2.08. The molecule has 1 aromatic rings. The largest absolute Gasteiger partial charge is 0.372 e. The van der Waals surface area contributed by atoms with Gasteiger partial charge in [-0.05, 0) is 44.4 Å². The highest BCUT2D eigenvalue weighted by atomic mass is 16.5. The fraction of sp³-hybridized carbons (Fsp3) is 0.636. The molecule has 1 aliphatic carbocycles. The summed E-state index contributed by atoms with van der Waals surface area (Å²) in [5.41, 5.74) is 1.86. The molecule has 2 unspecified atom stereocenters. The number of carbonyl (C=O) groups is 1. The number of guanidine groups is 1. The molecule has 154 valence electrons. The van der Waals surface area contributed by atoms with Crippen molar-refractivity contribution >= 4 is 11.9 Å². The molecule has 1 heterocycles. The van der Waals surface area contributed by atoms with Gasteiger partial charge in [0.1, 0.15) is 0 Å². The van der Waals surface area contributed by atoms with Gasteiger partial charge >= 0.3 is 0 Å². The third kappa shape index (κ3) is 5.71. The van der Waals surface area contributed by atoms with Gasteiger partial charge in [-0.25, -0.2) is 0 Å². The standard InChI is InChI=1S/C22H34N4O2/c1-16-14-26(15-17(2)28-16)21(27)19-11-9-18(10-12-19)13-24-22(23-3)25-20-7-5-4-6-8-20/h9-12,16-17,20H,4-8,13-15H2,1-3H3,(H2,23,24,25). The molecular formula is C22H34N4O2. The van der Waals surface area contributed by atoms with E-state index in [1.807, 2.05) is 50.1 Å². The van der Waals surface area contributed by atoms with Crippen molar-refractivity contribution in [3.8, 4) is 0 Å². The van der Waals surface area contributed by atoms with Crippen LogP contribution in [0.15, 0.2) is 29.3 Å². The van der Waals surface area contributed by atoms with Crippen molar-refractivity contribution in [1.29, 1.82) is 0 Å². The molecule has 2 N–H and O–H groups in total. The number of rotatable bonds is 4. The molecule has 0 bridgehead atoms. The smallest absolute Gasteiger partial charge is 0.254 e. The highest BCUT2D eigenvalue weighted by molar-refractivity contribution is 5.94. The zero-order chi connectivity index (χ0) is 19.9. The van der Waals surface area contributed by atoms with Crippen LogP contribution >= 0.6 is 0 Å². The molecule has 6 heteroatoms. The quantitative estimate of drug-likeness (QED) is 0.617. The molecule has 1 saturated carbocycles. The van der Waals surface area contributed by atoms with E-state index in [4.69, 9.17) is 4.74 Å². The van der Waals surface area contributed by atoms with Gasteiger partial charge in [0.25, 0.3) is 5.91 Å². The Labute approximate surface area is 168 Å². The summed E-state index contributed by atoms with van der Waals surface area (Å²) in [7, 11) is 1.81. The van der Waals surface area contributed by atoms with E-state index in [0.717, 1.165) is 17.1 Å². The minimum atomic E-state index is 0.0799. The van der Waals surface area contributed by atoms with Gasteiger partial charge in [0, 0.05) is 38.3 Å². The highest BCUT2D eigenvalue weighted by Gasteiger charge is 2.26. The van der Waals surface area contributed by atoms with Crippen LogP contribution in [0.2, 0.25) is 0 Å². The monoisotopic (exact) mass is 386 g/mol.